The molecule has 0 spiro atoms. The van der Waals surface area contributed by atoms with Gasteiger partial charge in [0.2, 0.25) is 0 Å². The van der Waals surface area contributed by atoms with Crippen LogP contribution >= 0.6 is 0 Å². The molecule has 6 nitrogen and oxygen atoms in total. The van der Waals surface area contributed by atoms with Crippen molar-refractivity contribution in [1.29, 1.82) is 0 Å². The second kappa shape index (κ2) is 7.82. The van der Waals surface area contributed by atoms with Crippen molar-refractivity contribution in [1.82, 2.24) is 4.90 Å². The number of hydrogen-bond acceptors (Lipinski definition) is 5. The van der Waals surface area contributed by atoms with Crippen LogP contribution in [0.4, 0.5) is 13.2 Å². The molecule has 10 heteroatoms. The van der Waals surface area contributed by atoms with Gasteiger partial charge in [-0.05, 0) is 48.4 Å². The highest BCUT2D eigenvalue weighted by Crippen LogP contribution is 2.33. The van der Waals surface area contributed by atoms with Crippen molar-refractivity contribution in [2.75, 3.05) is 13.4 Å². The zero-order chi connectivity index (χ0) is 22.3. The zero-order valence-electron chi connectivity index (χ0n) is 16.5. The fraction of sp³-hybridized carbons (Fsp3) is 0.350. The summed E-state index contributed by atoms with van der Waals surface area (Å²) >= 11 is 0. The third-order valence-electron chi connectivity index (χ3n) is 4.80. The number of carbonyl (C=O) groups is 1. The van der Waals surface area contributed by atoms with E-state index < -0.39 is 28.0 Å². The van der Waals surface area contributed by atoms with Crippen LogP contribution in [0.5, 0.6) is 11.5 Å². The summed E-state index contributed by atoms with van der Waals surface area (Å²) in [6.45, 7) is 1.26. The summed E-state index contributed by atoms with van der Waals surface area (Å²) in [7, 11) is -2.17. The maximum Gasteiger partial charge on any atom is 0.425 e. The molecule has 0 aliphatic carbocycles. The van der Waals surface area contributed by atoms with Crippen LogP contribution in [0.2, 0.25) is 0 Å². The summed E-state index contributed by atoms with van der Waals surface area (Å²) in [6.07, 6.45) is -5.86. The molecule has 0 bridgehead atoms. The molecule has 30 heavy (non-hydrogen) atoms. The van der Waals surface area contributed by atoms with Gasteiger partial charge in [-0.2, -0.15) is 13.2 Å². The predicted octanol–water partition coefficient (Wildman–Crippen LogP) is 3.58. The van der Waals surface area contributed by atoms with Crippen LogP contribution in [0.25, 0.3) is 0 Å². The molecule has 1 atom stereocenters. The molecule has 162 valence electrons. The third kappa shape index (κ3) is 4.53. The Hall–Kier alpha value is -2.75. The fourth-order valence-electron chi connectivity index (χ4n) is 3.08. The summed E-state index contributed by atoms with van der Waals surface area (Å²) in [5.74, 6) is -0.337. The summed E-state index contributed by atoms with van der Waals surface area (Å²) in [5.41, 5.74) is 1.47. The van der Waals surface area contributed by atoms with Gasteiger partial charge in [0.05, 0.1) is 17.6 Å². The maximum absolute atomic E-state index is 13.1. The first kappa shape index (κ1) is 21.9. The number of sulfone groups is 1. The van der Waals surface area contributed by atoms with Crippen molar-refractivity contribution in [3.05, 3.63) is 53.1 Å². The normalized spacial score (nSPS) is 14.9. The van der Waals surface area contributed by atoms with Gasteiger partial charge >= 0.3 is 6.18 Å². The molecule has 1 aliphatic heterocycles. The smallest absolute Gasteiger partial charge is 0.425 e. The molecule has 0 saturated carbocycles. The van der Waals surface area contributed by atoms with E-state index in [4.69, 9.17) is 9.47 Å². The van der Waals surface area contributed by atoms with Gasteiger partial charge in [-0.25, -0.2) is 8.42 Å². The van der Waals surface area contributed by atoms with Gasteiger partial charge in [0.1, 0.15) is 11.5 Å². The lowest BCUT2D eigenvalue weighted by atomic mass is 10.1. The quantitative estimate of drug-likeness (QED) is 0.706. The Balaban J connectivity index is 1.97. The molecular weight excluding hydrogens is 423 g/mol. The van der Waals surface area contributed by atoms with E-state index in [1.165, 1.54) is 12.0 Å². The van der Waals surface area contributed by atoms with Gasteiger partial charge in [-0.1, -0.05) is 6.07 Å². The molecule has 0 radical (unpaired) electrons. The molecule has 0 saturated heterocycles. The van der Waals surface area contributed by atoms with Crippen molar-refractivity contribution in [3.8, 4) is 11.5 Å². The van der Waals surface area contributed by atoms with E-state index in [0.29, 0.717) is 5.75 Å². The van der Waals surface area contributed by atoms with Crippen LogP contribution in [-0.2, 0) is 22.9 Å². The van der Waals surface area contributed by atoms with Crippen LogP contribution in [0.15, 0.2) is 41.3 Å². The number of amides is 1. The summed E-state index contributed by atoms with van der Waals surface area (Å²) in [6, 6.07) is 8.58. The monoisotopic (exact) mass is 443 g/mol. The number of hydrogen-bond donors (Lipinski definition) is 0. The van der Waals surface area contributed by atoms with Crippen LogP contribution in [-0.4, -0.2) is 44.9 Å². The number of methoxy groups -OCH3 is 1. The highest BCUT2D eigenvalue weighted by molar-refractivity contribution is 7.90. The molecule has 1 aliphatic rings. The molecule has 0 aromatic heterocycles. The van der Waals surface area contributed by atoms with Crippen molar-refractivity contribution in [2.45, 2.75) is 37.2 Å². The standard InChI is InChI=1S/C20H20F3NO5S/c1-12(20(21,22)23)29-18-7-6-16(30(3,26)27)9-17(18)19(25)24-10-13-4-5-15(28-2)8-14(13)11-24/h4-9,12H,10-11H2,1-3H3. The molecule has 0 N–H and O–H groups in total. The Morgan fingerprint density at radius 3 is 2.37 bits per heavy atom. The lowest BCUT2D eigenvalue weighted by Crippen LogP contribution is -2.32. The number of fused-ring (bicyclic) bond motifs is 1. The number of nitrogens with zero attached hydrogens (tertiary/aromatic N) is 1. The summed E-state index contributed by atoms with van der Waals surface area (Å²) in [5, 5.41) is 0. The molecule has 1 amide bonds. The van der Waals surface area contributed by atoms with Crippen molar-refractivity contribution >= 4 is 15.7 Å². The number of rotatable bonds is 5. The van der Waals surface area contributed by atoms with Crippen molar-refractivity contribution in [2.24, 2.45) is 0 Å². The average molecular weight is 443 g/mol. The van der Waals surface area contributed by atoms with Crippen LogP contribution in [0.3, 0.4) is 0 Å². The van der Waals surface area contributed by atoms with Crippen LogP contribution < -0.4 is 9.47 Å². The second-order valence-corrected chi connectivity index (χ2v) is 9.04. The highest BCUT2D eigenvalue weighted by atomic mass is 32.2. The number of ether oxygens (including phenoxy) is 2. The second-order valence-electron chi connectivity index (χ2n) is 7.03. The fourth-order valence-corrected chi connectivity index (χ4v) is 3.73. The first-order valence-electron chi connectivity index (χ1n) is 8.92. The first-order chi connectivity index (χ1) is 13.9. The number of carbonyl (C=O) groups excluding carboxylic acids is 1. The minimum Gasteiger partial charge on any atom is -0.497 e. The van der Waals surface area contributed by atoms with Gasteiger partial charge in [0.15, 0.2) is 15.9 Å². The Bertz CT molecular complexity index is 1080. The van der Waals surface area contributed by atoms with Crippen LogP contribution in [0.1, 0.15) is 28.4 Å². The van der Waals surface area contributed by atoms with Gasteiger partial charge in [-0.15, -0.1) is 0 Å². The Morgan fingerprint density at radius 1 is 1.10 bits per heavy atom. The lowest BCUT2D eigenvalue weighted by molar-refractivity contribution is -0.189. The van der Waals surface area contributed by atoms with E-state index in [2.05, 4.69) is 0 Å². The molecule has 1 unspecified atom stereocenters. The van der Waals surface area contributed by atoms with Crippen LogP contribution in [0, 0.1) is 0 Å². The first-order valence-corrected chi connectivity index (χ1v) is 10.8. The van der Waals surface area contributed by atoms with E-state index in [9.17, 15) is 26.4 Å². The summed E-state index contributed by atoms with van der Waals surface area (Å²) in [4.78, 5) is 14.4. The third-order valence-corrected chi connectivity index (χ3v) is 5.91. The average Bonchev–Trinajstić information content (AvgIpc) is 3.09. The topological polar surface area (TPSA) is 72.9 Å². The van der Waals surface area contributed by atoms with E-state index in [1.807, 2.05) is 0 Å². The van der Waals surface area contributed by atoms with Crippen molar-refractivity contribution in [3.63, 3.8) is 0 Å². The van der Waals surface area contributed by atoms with E-state index in [0.717, 1.165) is 42.5 Å². The minimum absolute atomic E-state index is 0.184. The van der Waals surface area contributed by atoms with Crippen molar-refractivity contribution < 1.29 is 35.9 Å². The molecule has 2 aromatic carbocycles. The maximum atomic E-state index is 13.1. The van der Waals surface area contributed by atoms with E-state index in [-0.39, 0.29) is 29.3 Å². The minimum atomic E-state index is -4.64. The largest absolute Gasteiger partial charge is 0.497 e. The Kier molecular flexibility index (Phi) is 5.72. The van der Waals surface area contributed by atoms with E-state index >= 15 is 0 Å². The molecule has 1 heterocycles. The Morgan fingerprint density at radius 2 is 1.77 bits per heavy atom. The predicted molar refractivity (Wildman–Crippen MR) is 102 cm³/mol. The lowest BCUT2D eigenvalue weighted by Gasteiger charge is -2.22. The SMILES string of the molecule is COc1ccc2c(c1)CN(C(=O)c1cc(S(C)(=O)=O)ccc1OC(C)C(F)(F)F)C2. The zero-order valence-corrected chi connectivity index (χ0v) is 17.3. The number of alkyl halides is 3. The molecular formula is C20H20F3NO5S. The highest BCUT2D eigenvalue weighted by Gasteiger charge is 2.39. The molecule has 3 rings (SSSR count). The number of halogens is 3. The number of benzene rings is 2. The van der Waals surface area contributed by atoms with Gasteiger partial charge in [0.25, 0.3) is 5.91 Å². The van der Waals surface area contributed by atoms with E-state index in [1.54, 1.807) is 18.2 Å². The van der Waals surface area contributed by atoms with Gasteiger partial charge in [-0.3, -0.25) is 4.79 Å². The van der Waals surface area contributed by atoms with Gasteiger partial charge < -0.3 is 14.4 Å². The molecule has 0 fully saturated rings. The Labute approximate surface area is 172 Å². The van der Waals surface area contributed by atoms with Gasteiger partial charge in [0, 0.05) is 19.3 Å². The summed E-state index contributed by atoms with van der Waals surface area (Å²) < 4.78 is 72.9. The molecule has 2 aromatic rings.